The Balaban J connectivity index is 2.85. The SMILES string of the molecule is CCC(CC)n1c(=O)c(=O)[nH]c2cc(C(=O)O)ccc21. The van der Waals surface area contributed by atoms with Gasteiger partial charge in [-0.2, -0.15) is 0 Å². The van der Waals surface area contributed by atoms with Gasteiger partial charge < -0.3 is 10.1 Å². The van der Waals surface area contributed by atoms with Crippen LogP contribution in [0.4, 0.5) is 0 Å². The van der Waals surface area contributed by atoms with E-state index in [9.17, 15) is 14.4 Å². The first-order valence-corrected chi connectivity index (χ1v) is 6.51. The van der Waals surface area contributed by atoms with Gasteiger partial charge >= 0.3 is 17.1 Å². The highest BCUT2D eigenvalue weighted by Gasteiger charge is 2.15. The maximum Gasteiger partial charge on any atom is 0.335 e. The van der Waals surface area contributed by atoms with Crippen LogP contribution in [-0.4, -0.2) is 20.6 Å². The molecule has 0 atom stereocenters. The number of nitrogens with one attached hydrogen (secondary N) is 1. The Morgan fingerprint density at radius 1 is 1.30 bits per heavy atom. The monoisotopic (exact) mass is 276 g/mol. The molecule has 2 aromatic rings. The first-order chi connectivity index (χ1) is 9.49. The number of hydrogen-bond acceptors (Lipinski definition) is 3. The van der Waals surface area contributed by atoms with Crippen LogP contribution in [0.25, 0.3) is 11.0 Å². The van der Waals surface area contributed by atoms with Gasteiger partial charge in [-0.3, -0.25) is 14.2 Å². The molecule has 0 aliphatic carbocycles. The normalized spacial score (nSPS) is 11.2. The van der Waals surface area contributed by atoms with Crippen molar-refractivity contribution in [3.8, 4) is 0 Å². The van der Waals surface area contributed by atoms with E-state index < -0.39 is 17.1 Å². The predicted molar refractivity (Wildman–Crippen MR) is 75.4 cm³/mol. The number of aromatic amines is 1. The molecule has 6 nitrogen and oxygen atoms in total. The Morgan fingerprint density at radius 2 is 1.95 bits per heavy atom. The lowest BCUT2D eigenvalue weighted by Gasteiger charge is -2.18. The standard InChI is InChI=1S/C14H16N2O4/c1-3-9(4-2)16-11-6-5-8(14(19)20)7-10(11)15-12(17)13(16)18/h5-7,9H,3-4H2,1-2H3,(H,15,17)(H,19,20). The van der Waals surface area contributed by atoms with Gasteiger partial charge in [0, 0.05) is 6.04 Å². The van der Waals surface area contributed by atoms with E-state index in [4.69, 9.17) is 5.11 Å². The van der Waals surface area contributed by atoms with Crippen LogP contribution in [0, 0.1) is 0 Å². The highest BCUT2D eigenvalue weighted by molar-refractivity contribution is 5.92. The molecule has 0 aliphatic heterocycles. The van der Waals surface area contributed by atoms with Crippen molar-refractivity contribution in [1.29, 1.82) is 0 Å². The zero-order valence-corrected chi connectivity index (χ0v) is 11.3. The van der Waals surface area contributed by atoms with E-state index in [0.717, 1.165) is 12.8 Å². The molecule has 0 aliphatic rings. The Bertz CT molecular complexity index is 769. The van der Waals surface area contributed by atoms with Crippen molar-refractivity contribution in [2.75, 3.05) is 0 Å². The van der Waals surface area contributed by atoms with Gasteiger partial charge in [-0.1, -0.05) is 13.8 Å². The lowest BCUT2D eigenvalue weighted by molar-refractivity contribution is 0.0697. The number of aromatic carboxylic acids is 1. The minimum Gasteiger partial charge on any atom is -0.478 e. The van der Waals surface area contributed by atoms with Gasteiger partial charge in [-0.25, -0.2) is 4.79 Å². The number of carboxylic acid groups (broad SMARTS) is 1. The van der Waals surface area contributed by atoms with Crippen molar-refractivity contribution in [3.05, 3.63) is 44.5 Å². The molecule has 0 fully saturated rings. The molecule has 6 heteroatoms. The molecule has 1 aromatic heterocycles. The topological polar surface area (TPSA) is 92.2 Å². The Morgan fingerprint density at radius 3 is 2.50 bits per heavy atom. The minimum atomic E-state index is -1.08. The Kier molecular flexibility index (Phi) is 3.74. The van der Waals surface area contributed by atoms with Crippen molar-refractivity contribution >= 4 is 17.0 Å². The summed E-state index contributed by atoms with van der Waals surface area (Å²) in [5.74, 6) is -1.08. The van der Waals surface area contributed by atoms with Gasteiger partial charge in [0.05, 0.1) is 16.6 Å². The molecule has 1 heterocycles. The summed E-state index contributed by atoms with van der Waals surface area (Å²) in [6.07, 6.45) is 1.44. The van der Waals surface area contributed by atoms with Crippen LogP contribution < -0.4 is 11.1 Å². The number of carbonyl (C=O) groups is 1. The third kappa shape index (κ3) is 2.24. The van der Waals surface area contributed by atoms with E-state index in [1.165, 1.54) is 16.7 Å². The van der Waals surface area contributed by atoms with Crippen LogP contribution in [0.1, 0.15) is 43.1 Å². The molecule has 2 N–H and O–H groups in total. The summed E-state index contributed by atoms with van der Waals surface area (Å²) in [6.45, 7) is 3.89. The summed E-state index contributed by atoms with van der Waals surface area (Å²) in [5, 5.41) is 8.98. The zero-order valence-electron chi connectivity index (χ0n) is 11.3. The minimum absolute atomic E-state index is 0.0721. The predicted octanol–water partition coefficient (Wildman–Crippen LogP) is 1.75. The maximum atomic E-state index is 12.1. The Hall–Kier alpha value is -2.37. The number of fused-ring (bicyclic) bond motifs is 1. The molecule has 0 amide bonds. The van der Waals surface area contributed by atoms with Crippen LogP contribution in [0.15, 0.2) is 27.8 Å². The van der Waals surface area contributed by atoms with Gasteiger partial charge in [0.2, 0.25) is 0 Å². The first kappa shape index (κ1) is 14.0. The lowest BCUT2D eigenvalue weighted by atomic mass is 10.1. The number of rotatable bonds is 4. The second-order valence-electron chi connectivity index (χ2n) is 4.64. The molecule has 0 bridgehead atoms. The molecule has 0 saturated heterocycles. The average molecular weight is 276 g/mol. The van der Waals surface area contributed by atoms with E-state index in [2.05, 4.69) is 4.98 Å². The fourth-order valence-electron chi connectivity index (χ4n) is 2.39. The maximum absolute atomic E-state index is 12.1. The highest BCUT2D eigenvalue weighted by Crippen LogP contribution is 2.19. The largest absolute Gasteiger partial charge is 0.478 e. The van der Waals surface area contributed by atoms with E-state index in [1.807, 2.05) is 13.8 Å². The molecular formula is C14H16N2O4. The van der Waals surface area contributed by atoms with E-state index in [1.54, 1.807) is 6.07 Å². The summed E-state index contributed by atoms with van der Waals surface area (Å²) >= 11 is 0. The fourth-order valence-corrected chi connectivity index (χ4v) is 2.39. The molecule has 0 unspecified atom stereocenters. The zero-order chi connectivity index (χ0) is 14.9. The number of H-pyrrole nitrogens is 1. The molecule has 106 valence electrons. The number of benzene rings is 1. The van der Waals surface area contributed by atoms with Crippen molar-refractivity contribution in [3.63, 3.8) is 0 Å². The van der Waals surface area contributed by atoms with Crippen LogP contribution in [-0.2, 0) is 0 Å². The van der Waals surface area contributed by atoms with Gasteiger partial charge in [0.1, 0.15) is 0 Å². The van der Waals surface area contributed by atoms with Crippen molar-refractivity contribution in [2.45, 2.75) is 32.7 Å². The summed E-state index contributed by atoms with van der Waals surface area (Å²) < 4.78 is 1.46. The van der Waals surface area contributed by atoms with Gasteiger partial charge in [0.15, 0.2) is 0 Å². The van der Waals surface area contributed by atoms with Crippen molar-refractivity contribution < 1.29 is 9.90 Å². The smallest absolute Gasteiger partial charge is 0.335 e. The van der Waals surface area contributed by atoms with Crippen molar-refractivity contribution in [2.24, 2.45) is 0 Å². The van der Waals surface area contributed by atoms with Crippen LogP contribution >= 0.6 is 0 Å². The quantitative estimate of drug-likeness (QED) is 0.832. The molecule has 0 spiro atoms. The highest BCUT2D eigenvalue weighted by atomic mass is 16.4. The number of aromatic nitrogens is 2. The third-order valence-electron chi connectivity index (χ3n) is 3.47. The van der Waals surface area contributed by atoms with Crippen LogP contribution in [0.3, 0.4) is 0 Å². The van der Waals surface area contributed by atoms with Crippen LogP contribution in [0.2, 0.25) is 0 Å². The molecule has 0 saturated carbocycles. The number of nitrogens with zero attached hydrogens (tertiary/aromatic N) is 1. The lowest BCUT2D eigenvalue weighted by Crippen LogP contribution is -2.38. The fraction of sp³-hybridized carbons (Fsp3) is 0.357. The van der Waals surface area contributed by atoms with Gasteiger partial charge in [0.25, 0.3) is 0 Å². The first-order valence-electron chi connectivity index (χ1n) is 6.51. The second-order valence-corrected chi connectivity index (χ2v) is 4.64. The molecule has 20 heavy (non-hydrogen) atoms. The average Bonchev–Trinajstić information content (AvgIpc) is 2.43. The molecule has 0 radical (unpaired) electrons. The van der Waals surface area contributed by atoms with Crippen LogP contribution in [0.5, 0.6) is 0 Å². The second kappa shape index (κ2) is 5.32. The Labute approximate surface area is 114 Å². The summed E-state index contributed by atoms with van der Waals surface area (Å²) in [6, 6.07) is 4.29. The summed E-state index contributed by atoms with van der Waals surface area (Å²) in [7, 11) is 0. The van der Waals surface area contributed by atoms with Gasteiger partial charge in [-0.05, 0) is 31.0 Å². The van der Waals surface area contributed by atoms with E-state index in [0.29, 0.717) is 11.0 Å². The summed E-state index contributed by atoms with van der Waals surface area (Å²) in [5.41, 5.74) is -0.348. The number of carboxylic acids is 1. The van der Waals surface area contributed by atoms with Crippen molar-refractivity contribution in [1.82, 2.24) is 9.55 Å². The molecule has 2 rings (SSSR count). The third-order valence-corrected chi connectivity index (χ3v) is 3.47. The molecular weight excluding hydrogens is 260 g/mol. The summed E-state index contributed by atoms with van der Waals surface area (Å²) in [4.78, 5) is 37.2. The molecule has 1 aromatic carbocycles. The van der Waals surface area contributed by atoms with Gasteiger partial charge in [-0.15, -0.1) is 0 Å². The van der Waals surface area contributed by atoms with E-state index >= 15 is 0 Å². The number of hydrogen-bond donors (Lipinski definition) is 2. The van der Waals surface area contributed by atoms with E-state index in [-0.39, 0.29) is 11.6 Å².